The first-order chi connectivity index (χ1) is 14.3. The predicted octanol–water partition coefficient (Wildman–Crippen LogP) is 6.29. The number of nitrogens with two attached hydrogens (primary N) is 1. The van der Waals surface area contributed by atoms with Gasteiger partial charge in [0.15, 0.2) is 0 Å². The van der Waals surface area contributed by atoms with Crippen LogP contribution < -0.4 is 11.1 Å². The zero-order valence-electron chi connectivity index (χ0n) is 18.7. The first kappa shape index (κ1) is 23.3. The Balaban J connectivity index is 1.74. The van der Waals surface area contributed by atoms with Crippen molar-refractivity contribution in [2.75, 3.05) is 5.32 Å². The zero-order valence-corrected chi connectivity index (χ0v) is 19.5. The second-order valence-corrected chi connectivity index (χ2v) is 10.8. The molecule has 0 unspecified atom stereocenters. The fourth-order valence-corrected chi connectivity index (χ4v) is 5.87. The highest BCUT2D eigenvalue weighted by Crippen LogP contribution is 2.43. The molecule has 2 saturated carbocycles. The van der Waals surface area contributed by atoms with Crippen LogP contribution in [0.5, 0.6) is 0 Å². The fraction of sp³-hybridized carbons (Fsp3) is 0.680. The van der Waals surface area contributed by atoms with Gasteiger partial charge in [0, 0.05) is 10.3 Å². The first-order valence-electron chi connectivity index (χ1n) is 11.8. The van der Waals surface area contributed by atoms with Crippen LogP contribution in [0.4, 0.5) is 5.69 Å². The Hall–Kier alpha value is -1.33. The van der Waals surface area contributed by atoms with Gasteiger partial charge in [-0.1, -0.05) is 64.5 Å². The van der Waals surface area contributed by atoms with Crippen molar-refractivity contribution in [2.45, 2.75) is 101 Å². The number of amides is 1. The highest BCUT2D eigenvalue weighted by Gasteiger charge is 2.40. The second kappa shape index (κ2) is 10.3. The first-order valence-corrected chi connectivity index (χ1v) is 12.6. The van der Waals surface area contributed by atoms with Crippen LogP contribution in [-0.4, -0.2) is 16.6 Å². The quantitative estimate of drug-likeness (QED) is 0.498. The summed E-state index contributed by atoms with van der Waals surface area (Å²) in [6.45, 7) is 4.44. The number of rotatable bonds is 7. The summed E-state index contributed by atoms with van der Waals surface area (Å²) in [5, 5.41) is 3.24. The molecule has 3 N–H and O–H groups in total. The topological polar surface area (TPSA) is 72.2 Å². The average Bonchev–Trinajstić information content (AvgIpc) is 2.74. The third kappa shape index (κ3) is 5.67. The van der Waals surface area contributed by atoms with Gasteiger partial charge in [0.2, 0.25) is 11.0 Å². The molecule has 2 aliphatic rings. The summed E-state index contributed by atoms with van der Waals surface area (Å²) in [5.74, 6) is 0.719. The van der Waals surface area contributed by atoms with E-state index < -0.39 is 5.54 Å². The van der Waals surface area contributed by atoms with Crippen molar-refractivity contribution in [1.29, 1.82) is 0 Å². The van der Waals surface area contributed by atoms with Crippen molar-refractivity contribution in [2.24, 2.45) is 17.1 Å². The van der Waals surface area contributed by atoms with Crippen LogP contribution in [0, 0.1) is 11.3 Å². The summed E-state index contributed by atoms with van der Waals surface area (Å²) in [6.07, 6.45) is 12.1. The lowest BCUT2D eigenvalue weighted by molar-refractivity contribution is -0.128. The molecule has 0 saturated heterocycles. The minimum Gasteiger partial charge on any atom is -0.325 e. The molecule has 1 aromatic carbocycles. The van der Waals surface area contributed by atoms with Crippen LogP contribution in [0.15, 0.2) is 29.2 Å². The molecule has 30 heavy (non-hydrogen) atoms. The number of para-hydroxylation sites is 1. The van der Waals surface area contributed by atoms with Gasteiger partial charge < -0.3 is 11.1 Å². The van der Waals surface area contributed by atoms with E-state index in [4.69, 9.17) is 5.73 Å². The largest absolute Gasteiger partial charge is 0.325 e. The summed E-state index contributed by atoms with van der Waals surface area (Å²) >= 11 is 1.20. The van der Waals surface area contributed by atoms with E-state index in [0.29, 0.717) is 5.92 Å². The Morgan fingerprint density at radius 1 is 1.00 bits per heavy atom. The average molecular weight is 431 g/mol. The molecule has 0 aliphatic heterocycles. The molecule has 0 atom stereocenters. The summed E-state index contributed by atoms with van der Waals surface area (Å²) in [6, 6.07) is 7.68. The molecule has 0 spiro atoms. The number of anilines is 1. The molecule has 5 heteroatoms. The molecule has 0 aromatic heterocycles. The number of carbonyl (C=O) groups excluding carboxylic acids is 2. The molecule has 166 valence electrons. The monoisotopic (exact) mass is 430 g/mol. The van der Waals surface area contributed by atoms with E-state index in [-0.39, 0.29) is 16.4 Å². The smallest absolute Gasteiger partial charge is 0.230 e. The van der Waals surface area contributed by atoms with Crippen molar-refractivity contribution < 1.29 is 9.59 Å². The van der Waals surface area contributed by atoms with Gasteiger partial charge in [-0.25, -0.2) is 0 Å². The Morgan fingerprint density at radius 2 is 1.60 bits per heavy atom. The van der Waals surface area contributed by atoms with E-state index in [1.807, 2.05) is 24.3 Å². The van der Waals surface area contributed by atoms with Gasteiger partial charge in [-0.2, -0.15) is 0 Å². The molecule has 0 radical (unpaired) electrons. The second-order valence-electron chi connectivity index (χ2n) is 9.83. The number of hydrogen-bond donors (Lipinski definition) is 2. The SMILES string of the molecule is CC(C)CCC1(C(=O)Nc2ccccc2SC(=O)C2(N)CCCCC2)CCCCC1. The highest BCUT2D eigenvalue weighted by molar-refractivity contribution is 8.14. The molecule has 1 aromatic rings. The molecular weight excluding hydrogens is 392 g/mol. The summed E-state index contributed by atoms with van der Waals surface area (Å²) in [4.78, 5) is 27.3. The van der Waals surface area contributed by atoms with Crippen molar-refractivity contribution in [3.63, 3.8) is 0 Å². The molecule has 1 amide bonds. The molecule has 0 bridgehead atoms. The molecular formula is C25H38N2O2S. The Labute approximate surface area is 186 Å². The third-order valence-corrected chi connectivity index (χ3v) is 8.15. The maximum atomic E-state index is 13.5. The van der Waals surface area contributed by atoms with E-state index in [0.717, 1.165) is 81.2 Å². The van der Waals surface area contributed by atoms with E-state index in [1.165, 1.54) is 18.2 Å². The number of thioether (sulfide) groups is 1. The lowest BCUT2D eigenvalue weighted by atomic mass is 9.69. The lowest BCUT2D eigenvalue weighted by Crippen LogP contribution is -2.48. The molecule has 4 nitrogen and oxygen atoms in total. The standard InChI is InChI=1S/C25H38N2O2S/c1-19(2)13-18-24(14-7-3-8-15-24)22(28)27-20-11-5-6-12-21(20)30-23(29)25(26)16-9-4-10-17-25/h5-6,11-12,19H,3-4,7-10,13-18,26H2,1-2H3,(H,27,28). The Bertz CT molecular complexity index is 734. The summed E-state index contributed by atoms with van der Waals surface area (Å²) < 4.78 is 0. The van der Waals surface area contributed by atoms with Crippen LogP contribution in [0.25, 0.3) is 0 Å². The Morgan fingerprint density at radius 3 is 2.23 bits per heavy atom. The lowest BCUT2D eigenvalue weighted by Gasteiger charge is -2.36. The van der Waals surface area contributed by atoms with Crippen molar-refractivity contribution >= 4 is 28.5 Å². The maximum absolute atomic E-state index is 13.5. The number of nitrogens with one attached hydrogen (secondary N) is 1. The molecule has 3 rings (SSSR count). The minimum atomic E-state index is -0.734. The number of carbonyl (C=O) groups is 2. The highest BCUT2D eigenvalue weighted by atomic mass is 32.2. The maximum Gasteiger partial charge on any atom is 0.230 e. The fourth-order valence-electron chi connectivity index (χ4n) is 4.89. The third-order valence-electron chi connectivity index (χ3n) is 6.98. The number of hydrogen-bond acceptors (Lipinski definition) is 4. The summed E-state index contributed by atoms with van der Waals surface area (Å²) in [7, 11) is 0. The van der Waals surface area contributed by atoms with E-state index in [2.05, 4.69) is 19.2 Å². The molecule has 2 aliphatic carbocycles. The van der Waals surface area contributed by atoms with E-state index in [1.54, 1.807) is 0 Å². The van der Waals surface area contributed by atoms with Gasteiger partial charge in [-0.15, -0.1) is 0 Å². The van der Waals surface area contributed by atoms with Crippen LogP contribution in [0.2, 0.25) is 0 Å². The minimum absolute atomic E-state index is 0.0242. The van der Waals surface area contributed by atoms with Crippen LogP contribution in [0.3, 0.4) is 0 Å². The molecule has 0 heterocycles. The van der Waals surface area contributed by atoms with Crippen LogP contribution in [0.1, 0.15) is 90.9 Å². The van der Waals surface area contributed by atoms with Gasteiger partial charge in [-0.3, -0.25) is 9.59 Å². The van der Waals surface area contributed by atoms with E-state index >= 15 is 0 Å². The van der Waals surface area contributed by atoms with Gasteiger partial charge in [0.05, 0.1) is 11.2 Å². The zero-order chi connectivity index (χ0) is 21.6. The summed E-state index contributed by atoms with van der Waals surface area (Å²) in [5.41, 5.74) is 6.19. The van der Waals surface area contributed by atoms with Crippen molar-refractivity contribution in [1.82, 2.24) is 0 Å². The van der Waals surface area contributed by atoms with Gasteiger partial charge in [0.25, 0.3) is 0 Å². The van der Waals surface area contributed by atoms with Gasteiger partial charge in [-0.05, 0) is 68.3 Å². The van der Waals surface area contributed by atoms with Gasteiger partial charge in [0.1, 0.15) is 0 Å². The van der Waals surface area contributed by atoms with Crippen molar-refractivity contribution in [3.05, 3.63) is 24.3 Å². The van der Waals surface area contributed by atoms with Gasteiger partial charge >= 0.3 is 0 Å². The van der Waals surface area contributed by atoms with Crippen LogP contribution >= 0.6 is 11.8 Å². The number of benzene rings is 1. The van der Waals surface area contributed by atoms with Crippen LogP contribution in [-0.2, 0) is 9.59 Å². The Kier molecular flexibility index (Phi) is 8.03. The normalized spacial score (nSPS) is 20.7. The van der Waals surface area contributed by atoms with E-state index in [9.17, 15) is 9.59 Å². The predicted molar refractivity (Wildman–Crippen MR) is 126 cm³/mol. The van der Waals surface area contributed by atoms with Crippen molar-refractivity contribution in [3.8, 4) is 0 Å². The molecule has 2 fully saturated rings.